The second-order valence-electron chi connectivity index (χ2n) is 5.16. The summed E-state index contributed by atoms with van der Waals surface area (Å²) in [5.41, 5.74) is -1.23. The van der Waals surface area contributed by atoms with Gasteiger partial charge in [0.25, 0.3) is 0 Å². The summed E-state index contributed by atoms with van der Waals surface area (Å²) in [5.74, 6) is 0. The van der Waals surface area contributed by atoms with Crippen LogP contribution in [-0.4, -0.2) is 15.8 Å². The maximum Gasteiger partial charge on any atom is 0.217 e. The van der Waals surface area contributed by atoms with Crippen LogP contribution in [0.1, 0.15) is 78.1 Å². The molecule has 3 heteroatoms. The van der Waals surface area contributed by atoms with Crippen LogP contribution in [-0.2, 0) is 4.79 Å². The van der Waals surface area contributed by atoms with E-state index in [1.54, 1.807) is 6.92 Å². The number of carbonyl (C=O) groups is 1. The average Bonchev–Trinajstić information content (AvgIpc) is 2.26. The molecule has 0 aromatic carbocycles. The Labute approximate surface area is 112 Å². The molecule has 0 radical (unpaired) electrons. The van der Waals surface area contributed by atoms with Gasteiger partial charge in [0.1, 0.15) is 5.60 Å². The standard InChI is InChI=1S/C14H28O2S/c1-3-4-5-6-7-8-9-10-11-12-14(2,16)13(15)17/h16H,3-12H2,1-2H3,(H,15,17). The maximum absolute atomic E-state index is 10.9. The number of hydrogen-bond donors (Lipinski definition) is 2. The van der Waals surface area contributed by atoms with Crippen molar-refractivity contribution < 1.29 is 9.90 Å². The molecule has 0 aliphatic carbocycles. The van der Waals surface area contributed by atoms with Crippen molar-refractivity contribution >= 4 is 17.7 Å². The van der Waals surface area contributed by atoms with Gasteiger partial charge in [-0.1, -0.05) is 64.7 Å². The maximum atomic E-state index is 10.9. The molecule has 17 heavy (non-hydrogen) atoms. The van der Waals surface area contributed by atoms with E-state index in [0.29, 0.717) is 6.42 Å². The van der Waals surface area contributed by atoms with Crippen molar-refractivity contribution in [2.75, 3.05) is 0 Å². The number of hydrogen-bond acceptors (Lipinski definition) is 2. The average molecular weight is 260 g/mol. The molecule has 0 rings (SSSR count). The van der Waals surface area contributed by atoms with Crippen molar-refractivity contribution in [1.29, 1.82) is 0 Å². The molecule has 0 aromatic rings. The van der Waals surface area contributed by atoms with E-state index in [9.17, 15) is 9.90 Å². The fourth-order valence-electron chi connectivity index (χ4n) is 1.89. The minimum atomic E-state index is -1.23. The number of rotatable bonds is 11. The first-order valence-corrected chi connectivity index (χ1v) is 7.41. The summed E-state index contributed by atoms with van der Waals surface area (Å²) in [7, 11) is 0. The summed E-state index contributed by atoms with van der Waals surface area (Å²) >= 11 is 3.68. The summed E-state index contributed by atoms with van der Waals surface area (Å²) in [5, 5.41) is 9.25. The molecule has 0 spiro atoms. The van der Waals surface area contributed by atoms with Gasteiger partial charge in [-0.15, -0.1) is 12.6 Å². The Bertz CT molecular complexity index is 202. The Balaban J connectivity index is 3.27. The normalized spacial score (nSPS) is 14.6. The number of unbranched alkanes of at least 4 members (excludes halogenated alkanes) is 8. The third kappa shape index (κ3) is 9.66. The van der Waals surface area contributed by atoms with Gasteiger partial charge in [0.05, 0.1) is 0 Å². The molecule has 1 unspecified atom stereocenters. The molecule has 0 bridgehead atoms. The predicted molar refractivity (Wildman–Crippen MR) is 76.5 cm³/mol. The highest BCUT2D eigenvalue weighted by Gasteiger charge is 2.26. The van der Waals surface area contributed by atoms with Crippen molar-refractivity contribution in [3.63, 3.8) is 0 Å². The summed E-state index contributed by atoms with van der Waals surface area (Å²) in [6.45, 7) is 3.78. The molecule has 0 aromatic heterocycles. The lowest BCUT2D eigenvalue weighted by Gasteiger charge is -2.18. The first-order chi connectivity index (χ1) is 8.00. The Kier molecular flexibility index (Phi) is 9.94. The van der Waals surface area contributed by atoms with Crippen molar-refractivity contribution in [1.82, 2.24) is 0 Å². The lowest BCUT2D eigenvalue weighted by molar-refractivity contribution is -0.126. The topological polar surface area (TPSA) is 37.3 Å². The van der Waals surface area contributed by atoms with Crippen molar-refractivity contribution in [2.45, 2.75) is 83.7 Å². The van der Waals surface area contributed by atoms with Gasteiger partial charge in [-0.05, 0) is 13.3 Å². The van der Waals surface area contributed by atoms with Crippen LogP contribution in [0.3, 0.4) is 0 Å². The summed E-state index contributed by atoms with van der Waals surface area (Å²) in [4.78, 5) is 10.9. The molecular weight excluding hydrogens is 232 g/mol. The van der Waals surface area contributed by atoms with E-state index in [4.69, 9.17) is 0 Å². The fourth-order valence-corrected chi connectivity index (χ4v) is 2.00. The van der Waals surface area contributed by atoms with Crippen LogP contribution in [0.25, 0.3) is 0 Å². The Morgan fingerprint density at radius 2 is 1.41 bits per heavy atom. The summed E-state index contributed by atoms with van der Waals surface area (Å²) < 4.78 is 0. The first-order valence-electron chi connectivity index (χ1n) is 6.96. The van der Waals surface area contributed by atoms with Crippen LogP contribution >= 0.6 is 12.6 Å². The molecule has 0 aliphatic heterocycles. The summed E-state index contributed by atoms with van der Waals surface area (Å²) in [6, 6.07) is 0. The molecule has 0 heterocycles. The number of aliphatic hydroxyl groups is 1. The van der Waals surface area contributed by atoms with E-state index in [1.165, 1.54) is 44.9 Å². The minimum absolute atomic E-state index is 0.419. The van der Waals surface area contributed by atoms with E-state index in [-0.39, 0.29) is 0 Å². The van der Waals surface area contributed by atoms with E-state index in [1.807, 2.05) is 0 Å². The van der Waals surface area contributed by atoms with Gasteiger partial charge in [-0.25, -0.2) is 0 Å². The molecule has 0 fully saturated rings. The second kappa shape index (κ2) is 9.95. The molecule has 0 aliphatic rings. The van der Waals surface area contributed by atoms with E-state index >= 15 is 0 Å². The van der Waals surface area contributed by atoms with Crippen molar-refractivity contribution in [3.8, 4) is 0 Å². The lowest BCUT2D eigenvalue weighted by atomic mass is 9.98. The quantitative estimate of drug-likeness (QED) is 0.433. The van der Waals surface area contributed by atoms with Crippen LogP contribution in [0.15, 0.2) is 0 Å². The Morgan fingerprint density at radius 3 is 1.82 bits per heavy atom. The van der Waals surface area contributed by atoms with Gasteiger partial charge < -0.3 is 5.11 Å². The van der Waals surface area contributed by atoms with Crippen LogP contribution in [0.2, 0.25) is 0 Å². The second-order valence-corrected chi connectivity index (χ2v) is 5.56. The third-order valence-electron chi connectivity index (χ3n) is 3.23. The fraction of sp³-hybridized carbons (Fsp3) is 0.929. The van der Waals surface area contributed by atoms with Crippen LogP contribution in [0.5, 0.6) is 0 Å². The summed E-state index contributed by atoms with van der Waals surface area (Å²) in [6.07, 6.45) is 11.7. The first kappa shape index (κ1) is 17.0. The number of thiol groups is 1. The van der Waals surface area contributed by atoms with E-state index in [2.05, 4.69) is 19.6 Å². The third-order valence-corrected chi connectivity index (χ3v) is 3.71. The molecule has 0 saturated heterocycles. The van der Waals surface area contributed by atoms with Crippen LogP contribution in [0, 0.1) is 0 Å². The van der Waals surface area contributed by atoms with Crippen LogP contribution < -0.4 is 0 Å². The molecule has 0 amide bonds. The monoisotopic (exact) mass is 260 g/mol. The van der Waals surface area contributed by atoms with Crippen LogP contribution in [0.4, 0.5) is 0 Å². The van der Waals surface area contributed by atoms with Gasteiger partial charge in [0.2, 0.25) is 5.12 Å². The lowest BCUT2D eigenvalue weighted by Crippen LogP contribution is -2.31. The molecular formula is C14H28O2S. The Hall–Kier alpha value is -0.0200. The molecule has 2 nitrogen and oxygen atoms in total. The van der Waals surface area contributed by atoms with Gasteiger partial charge >= 0.3 is 0 Å². The molecule has 0 saturated carbocycles. The van der Waals surface area contributed by atoms with E-state index in [0.717, 1.165) is 12.8 Å². The molecule has 1 N–H and O–H groups in total. The van der Waals surface area contributed by atoms with E-state index < -0.39 is 10.7 Å². The highest BCUT2D eigenvalue weighted by molar-refractivity contribution is 7.96. The predicted octanol–water partition coefficient (Wildman–Crippen LogP) is 4.11. The zero-order valence-electron chi connectivity index (χ0n) is 11.4. The SMILES string of the molecule is CCCCCCCCCCCC(C)(O)C(=O)S. The molecule has 102 valence electrons. The largest absolute Gasteiger partial charge is 0.381 e. The molecule has 1 atom stereocenters. The van der Waals surface area contributed by atoms with Crippen molar-refractivity contribution in [2.24, 2.45) is 0 Å². The Morgan fingerprint density at radius 1 is 1.00 bits per heavy atom. The van der Waals surface area contributed by atoms with Gasteiger partial charge in [-0.2, -0.15) is 0 Å². The zero-order chi connectivity index (χ0) is 13.1. The van der Waals surface area contributed by atoms with Gasteiger partial charge in [-0.3, -0.25) is 4.79 Å². The van der Waals surface area contributed by atoms with Gasteiger partial charge in [0.15, 0.2) is 0 Å². The minimum Gasteiger partial charge on any atom is -0.381 e. The zero-order valence-corrected chi connectivity index (χ0v) is 12.3. The van der Waals surface area contributed by atoms with Gasteiger partial charge in [0, 0.05) is 0 Å². The highest BCUT2D eigenvalue weighted by Crippen LogP contribution is 2.18. The highest BCUT2D eigenvalue weighted by atomic mass is 32.1. The number of carbonyl (C=O) groups excluding carboxylic acids is 1. The van der Waals surface area contributed by atoms with Crippen molar-refractivity contribution in [3.05, 3.63) is 0 Å². The smallest absolute Gasteiger partial charge is 0.217 e.